The van der Waals surface area contributed by atoms with Gasteiger partial charge in [0.2, 0.25) is 0 Å². The van der Waals surface area contributed by atoms with Crippen LogP contribution in [0, 0.1) is 0 Å². The molecule has 0 bridgehead atoms. The molecule has 0 spiro atoms. The van der Waals surface area contributed by atoms with Crippen LogP contribution in [0.4, 0.5) is 0 Å². The lowest BCUT2D eigenvalue weighted by atomic mass is 9.99. The van der Waals surface area contributed by atoms with Crippen molar-refractivity contribution in [2.24, 2.45) is 7.05 Å². The smallest absolute Gasteiger partial charge is 0.295 e. The number of hydrogen-bond acceptors (Lipinski definition) is 4. The zero-order valence-corrected chi connectivity index (χ0v) is 24.0. The topological polar surface area (TPSA) is 65.6 Å². The second kappa shape index (κ2) is 11.0. The molecule has 0 unspecified atom stereocenters. The minimum Gasteiger partial charge on any atom is -0.295 e. The molecule has 0 aliphatic rings. The molecular weight excluding hydrogens is 530 g/mol. The van der Waals surface area contributed by atoms with Crippen molar-refractivity contribution < 1.29 is 0 Å². The minimum absolute atomic E-state index is 0.0122. The van der Waals surface area contributed by atoms with Crippen LogP contribution < -0.4 is 5.69 Å². The average molecular weight is 560 g/mol. The van der Waals surface area contributed by atoms with Gasteiger partial charge >= 0.3 is 5.69 Å². The van der Waals surface area contributed by atoms with Gasteiger partial charge in [0, 0.05) is 30.3 Å². The van der Waals surface area contributed by atoms with Crippen LogP contribution in [0.25, 0.3) is 67.5 Å². The highest BCUT2D eigenvalue weighted by atomic mass is 16.1. The minimum atomic E-state index is 0.0122. The molecule has 0 atom stereocenters. The fraction of sp³-hybridized carbons (Fsp3) is 0.0811. The van der Waals surface area contributed by atoms with Crippen LogP contribution >= 0.6 is 0 Å². The van der Waals surface area contributed by atoms with Crippen LogP contribution in [0.2, 0.25) is 0 Å². The molecule has 2 heterocycles. The molecule has 5 aromatic carbocycles. The lowest BCUT2D eigenvalue weighted by Crippen LogP contribution is -2.21. The van der Waals surface area contributed by atoms with E-state index in [-0.39, 0.29) is 5.69 Å². The summed E-state index contributed by atoms with van der Waals surface area (Å²) in [5, 5.41) is 0. The highest BCUT2D eigenvalue weighted by Gasteiger charge is 2.13. The number of rotatable bonds is 6. The van der Waals surface area contributed by atoms with E-state index in [2.05, 4.69) is 60.7 Å². The van der Waals surface area contributed by atoms with E-state index in [4.69, 9.17) is 15.0 Å². The van der Waals surface area contributed by atoms with Gasteiger partial charge in [-0.05, 0) is 41.3 Å². The molecule has 0 amide bonds. The Balaban J connectivity index is 1.19. The summed E-state index contributed by atoms with van der Waals surface area (Å²) in [6.45, 7) is 2.65. The predicted octanol–water partition coefficient (Wildman–Crippen LogP) is 7.88. The van der Waals surface area contributed by atoms with E-state index < -0.39 is 0 Å². The summed E-state index contributed by atoms with van der Waals surface area (Å²) in [5.41, 5.74) is 9.14. The number of aromatic nitrogens is 5. The summed E-state index contributed by atoms with van der Waals surface area (Å²) in [6.07, 6.45) is 0. The highest BCUT2D eigenvalue weighted by molar-refractivity contribution is 5.83. The Morgan fingerprint density at radius 1 is 0.488 bits per heavy atom. The number of hydrogen-bond donors (Lipinski definition) is 0. The summed E-state index contributed by atoms with van der Waals surface area (Å²) in [6, 6.07) is 43.1. The first kappa shape index (κ1) is 26.3. The van der Waals surface area contributed by atoms with Gasteiger partial charge in [0.25, 0.3) is 0 Å². The molecular formula is C37H29N5O. The first-order chi connectivity index (χ1) is 21.1. The molecule has 6 nitrogen and oxygen atoms in total. The summed E-state index contributed by atoms with van der Waals surface area (Å²) < 4.78 is 3.52. The van der Waals surface area contributed by atoms with Gasteiger partial charge in [-0.2, -0.15) is 0 Å². The van der Waals surface area contributed by atoms with Crippen molar-refractivity contribution in [1.29, 1.82) is 0 Å². The van der Waals surface area contributed by atoms with Crippen molar-refractivity contribution in [3.63, 3.8) is 0 Å². The van der Waals surface area contributed by atoms with Gasteiger partial charge in [-0.1, -0.05) is 115 Å². The van der Waals surface area contributed by atoms with Gasteiger partial charge in [0.1, 0.15) is 0 Å². The summed E-state index contributed by atoms with van der Waals surface area (Å²) in [7, 11) is 1.83. The molecule has 43 heavy (non-hydrogen) atoms. The third-order valence-corrected chi connectivity index (χ3v) is 7.86. The quantitative estimate of drug-likeness (QED) is 0.208. The van der Waals surface area contributed by atoms with Crippen LogP contribution in [-0.4, -0.2) is 24.1 Å². The maximum atomic E-state index is 12.6. The Morgan fingerprint density at radius 2 is 0.884 bits per heavy atom. The fourth-order valence-corrected chi connectivity index (χ4v) is 5.50. The number of benzene rings is 5. The molecule has 0 saturated carbocycles. The van der Waals surface area contributed by atoms with Gasteiger partial charge in [-0.25, -0.2) is 19.7 Å². The molecule has 0 aliphatic heterocycles. The van der Waals surface area contributed by atoms with E-state index in [0.717, 1.165) is 50.0 Å². The maximum Gasteiger partial charge on any atom is 0.328 e. The van der Waals surface area contributed by atoms with Crippen molar-refractivity contribution in [2.75, 3.05) is 0 Å². The summed E-state index contributed by atoms with van der Waals surface area (Å²) >= 11 is 0. The Kier molecular flexibility index (Phi) is 6.72. The van der Waals surface area contributed by atoms with E-state index in [1.54, 1.807) is 9.13 Å². The Hall–Kier alpha value is -5.62. The number of fused-ring (bicyclic) bond motifs is 1. The van der Waals surface area contributed by atoms with Gasteiger partial charge in [-0.15, -0.1) is 0 Å². The van der Waals surface area contributed by atoms with Gasteiger partial charge in [0.15, 0.2) is 17.5 Å². The molecule has 0 saturated heterocycles. The Morgan fingerprint density at radius 3 is 1.35 bits per heavy atom. The number of imidazole rings is 1. The fourth-order valence-electron chi connectivity index (χ4n) is 5.50. The van der Waals surface area contributed by atoms with Crippen molar-refractivity contribution in [1.82, 2.24) is 24.1 Å². The van der Waals surface area contributed by atoms with Crippen molar-refractivity contribution in [2.45, 2.75) is 13.5 Å². The van der Waals surface area contributed by atoms with Gasteiger partial charge < -0.3 is 0 Å². The third-order valence-electron chi connectivity index (χ3n) is 7.86. The van der Waals surface area contributed by atoms with E-state index in [9.17, 15) is 4.79 Å². The van der Waals surface area contributed by atoms with E-state index in [1.807, 2.05) is 80.7 Å². The summed E-state index contributed by atoms with van der Waals surface area (Å²) in [4.78, 5) is 27.0. The van der Waals surface area contributed by atoms with Crippen LogP contribution in [0.3, 0.4) is 0 Å². The van der Waals surface area contributed by atoms with E-state index in [1.165, 1.54) is 0 Å². The van der Waals surface area contributed by atoms with Crippen molar-refractivity contribution >= 4 is 11.0 Å². The van der Waals surface area contributed by atoms with E-state index in [0.29, 0.717) is 24.0 Å². The molecule has 208 valence electrons. The second-order valence-corrected chi connectivity index (χ2v) is 10.5. The Bertz CT molecular complexity index is 2050. The number of nitrogens with zero attached hydrogens (tertiary/aromatic N) is 5. The first-order valence-electron chi connectivity index (χ1n) is 14.4. The first-order valence-corrected chi connectivity index (χ1v) is 14.4. The van der Waals surface area contributed by atoms with Crippen LogP contribution in [0.15, 0.2) is 132 Å². The third kappa shape index (κ3) is 4.93. The maximum absolute atomic E-state index is 12.6. The van der Waals surface area contributed by atoms with Crippen LogP contribution in [0.5, 0.6) is 0 Å². The zero-order valence-electron chi connectivity index (χ0n) is 24.0. The van der Waals surface area contributed by atoms with Crippen LogP contribution in [0.1, 0.15) is 6.92 Å². The molecule has 0 N–H and O–H groups in total. The number of aryl methyl sites for hydroxylation is 2. The highest BCUT2D eigenvalue weighted by Crippen LogP contribution is 2.30. The predicted molar refractivity (Wildman–Crippen MR) is 173 cm³/mol. The lowest BCUT2D eigenvalue weighted by Gasteiger charge is -2.09. The normalized spacial score (nSPS) is 11.2. The van der Waals surface area contributed by atoms with Gasteiger partial charge in [-0.3, -0.25) is 9.13 Å². The molecule has 0 aliphatic carbocycles. The van der Waals surface area contributed by atoms with Crippen LogP contribution in [-0.2, 0) is 13.6 Å². The Labute approximate surface area is 249 Å². The van der Waals surface area contributed by atoms with Gasteiger partial charge in [0.05, 0.1) is 11.0 Å². The van der Waals surface area contributed by atoms with E-state index >= 15 is 0 Å². The SMILES string of the molecule is CCn1c(=O)n(C)c2cc(-c3ccc(-c4ccc(-c5nc(-c6ccccc6)nc(-c6ccccc6)n5)cc4)cc3)ccc21. The standard InChI is InChI=1S/C37H29N5O/c1-3-42-32-23-22-31(24-33(32)41(2)37(42)43)27-16-14-25(15-17-27)26-18-20-30(21-19-26)36-39-34(28-10-6-4-7-11-28)38-35(40-36)29-12-8-5-9-13-29/h4-24H,3H2,1-2H3. The van der Waals surface area contributed by atoms with Crippen molar-refractivity contribution in [3.8, 4) is 56.4 Å². The molecule has 7 rings (SSSR count). The monoisotopic (exact) mass is 559 g/mol. The lowest BCUT2D eigenvalue weighted by molar-refractivity contribution is 0.712. The summed E-state index contributed by atoms with van der Waals surface area (Å²) in [5.74, 6) is 1.93. The molecule has 7 aromatic rings. The molecule has 0 fully saturated rings. The largest absolute Gasteiger partial charge is 0.328 e. The average Bonchev–Trinajstić information content (AvgIpc) is 3.33. The zero-order chi connectivity index (χ0) is 29.3. The molecule has 0 radical (unpaired) electrons. The molecule has 2 aromatic heterocycles. The molecule has 6 heteroatoms. The second-order valence-electron chi connectivity index (χ2n) is 10.5. The van der Waals surface area contributed by atoms with Crippen molar-refractivity contribution in [3.05, 3.63) is 138 Å².